The van der Waals surface area contributed by atoms with Crippen molar-refractivity contribution in [2.75, 3.05) is 27.4 Å². The molecule has 0 bridgehead atoms. The third-order valence-electron chi connectivity index (χ3n) is 5.52. The second-order valence-corrected chi connectivity index (χ2v) is 7.65. The van der Waals surface area contributed by atoms with E-state index in [-0.39, 0.29) is 12.0 Å². The molecular weight excluding hydrogens is 380 g/mol. The number of hydrazine groups is 1. The van der Waals surface area contributed by atoms with Crippen LogP contribution in [0.5, 0.6) is 11.5 Å². The molecule has 1 aliphatic rings. The number of carbonyl (C=O) groups excluding carboxylic acids is 1. The highest BCUT2D eigenvalue weighted by Gasteiger charge is 2.32. The van der Waals surface area contributed by atoms with Crippen LogP contribution in [0.2, 0.25) is 0 Å². The van der Waals surface area contributed by atoms with E-state index in [2.05, 4.69) is 12.3 Å². The summed E-state index contributed by atoms with van der Waals surface area (Å²) in [6, 6.07) is 16.0. The summed E-state index contributed by atoms with van der Waals surface area (Å²) in [5.41, 5.74) is 5.54. The maximum Gasteiger partial charge on any atom is 0.265 e. The normalized spacial score (nSPS) is 17.2. The van der Waals surface area contributed by atoms with E-state index in [4.69, 9.17) is 14.2 Å². The molecule has 2 aromatic carbocycles. The molecule has 0 radical (unpaired) electrons. The molecule has 0 spiro atoms. The number of carbonyl (C=O) groups is 1. The smallest absolute Gasteiger partial charge is 0.265 e. The second-order valence-electron chi connectivity index (χ2n) is 7.65. The summed E-state index contributed by atoms with van der Waals surface area (Å²) < 4.78 is 16.6. The molecule has 0 aliphatic carbocycles. The molecule has 30 heavy (non-hydrogen) atoms. The third-order valence-corrected chi connectivity index (χ3v) is 5.52. The van der Waals surface area contributed by atoms with Crippen molar-refractivity contribution in [3.05, 3.63) is 59.7 Å². The van der Waals surface area contributed by atoms with Crippen LogP contribution in [-0.4, -0.2) is 44.4 Å². The number of methoxy groups -OCH3 is 2. The summed E-state index contributed by atoms with van der Waals surface area (Å²) in [6.45, 7) is 4.08. The molecule has 1 aliphatic heterocycles. The highest BCUT2D eigenvalue weighted by atomic mass is 16.5. The van der Waals surface area contributed by atoms with Crippen LogP contribution in [0.3, 0.4) is 0 Å². The van der Waals surface area contributed by atoms with Crippen molar-refractivity contribution in [1.82, 2.24) is 10.4 Å². The Morgan fingerprint density at radius 1 is 1.10 bits per heavy atom. The Morgan fingerprint density at radius 3 is 2.47 bits per heavy atom. The van der Waals surface area contributed by atoms with Gasteiger partial charge in [-0.15, -0.1) is 0 Å². The van der Waals surface area contributed by atoms with Crippen LogP contribution in [0.25, 0.3) is 0 Å². The summed E-state index contributed by atoms with van der Waals surface area (Å²) in [6.07, 6.45) is 2.23. The van der Waals surface area contributed by atoms with Crippen LogP contribution in [0.1, 0.15) is 43.2 Å². The van der Waals surface area contributed by atoms with Gasteiger partial charge in [0.1, 0.15) is 17.6 Å². The lowest BCUT2D eigenvalue weighted by molar-refractivity contribution is -0.140. The van der Waals surface area contributed by atoms with Crippen LogP contribution in [0.4, 0.5) is 0 Å². The van der Waals surface area contributed by atoms with Gasteiger partial charge in [-0.1, -0.05) is 37.3 Å². The zero-order valence-corrected chi connectivity index (χ0v) is 18.1. The average Bonchev–Trinajstić information content (AvgIpc) is 3.14. The molecule has 6 nitrogen and oxygen atoms in total. The van der Waals surface area contributed by atoms with Gasteiger partial charge in [-0.25, -0.2) is 5.43 Å². The molecule has 1 N–H and O–H groups in total. The first-order valence-corrected chi connectivity index (χ1v) is 10.5. The molecule has 1 amide bonds. The van der Waals surface area contributed by atoms with Crippen molar-refractivity contribution in [3.63, 3.8) is 0 Å². The lowest BCUT2D eigenvalue weighted by atomic mass is 9.96. The van der Waals surface area contributed by atoms with Crippen LogP contribution in [-0.2, 0) is 16.1 Å². The van der Waals surface area contributed by atoms with E-state index in [0.29, 0.717) is 25.6 Å². The van der Waals surface area contributed by atoms with E-state index in [9.17, 15) is 4.79 Å². The van der Waals surface area contributed by atoms with E-state index in [0.717, 1.165) is 36.3 Å². The quantitative estimate of drug-likeness (QED) is 0.567. The Bertz CT molecular complexity index is 790. The van der Waals surface area contributed by atoms with E-state index in [1.165, 1.54) is 5.56 Å². The maximum absolute atomic E-state index is 12.5. The number of nitrogens with zero attached hydrogens (tertiary/aromatic N) is 1. The Morgan fingerprint density at radius 2 is 1.80 bits per heavy atom. The van der Waals surface area contributed by atoms with Gasteiger partial charge in [0.05, 0.1) is 14.2 Å². The molecular formula is C24H32N2O4. The number of amides is 1. The first kappa shape index (κ1) is 22.1. The third kappa shape index (κ3) is 5.97. The SMILES string of the molecule is COc1cc(OC)cc(C(C)CCCOC2CCN(NCc3ccccc3)C2=O)c1. The molecule has 0 saturated carbocycles. The van der Waals surface area contributed by atoms with Gasteiger partial charge in [0, 0.05) is 32.2 Å². The van der Waals surface area contributed by atoms with Gasteiger partial charge in [-0.3, -0.25) is 9.80 Å². The van der Waals surface area contributed by atoms with Crippen molar-refractivity contribution in [2.45, 2.75) is 44.8 Å². The van der Waals surface area contributed by atoms with Gasteiger partial charge in [-0.2, -0.15) is 0 Å². The van der Waals surface area contributed by atoms with Gasteiger partial charge < -0.3 is 14.2 Å². The lowest BCUT2D eigenvalue weighted by Crippen LogP contribution is -2.41. The molecule has 3 rings (SSSR count). The zero-order valence-electron chi connectivity index (χ0n) is 18.1. The number of rotatable bonds is 11. The largest absolute Gasteiger partial charge is 0.497 e. The standard InChI is InChI=1S/C24H32N2O4/c1-18(20-14-21(28-2)16-22(15-20)29-3)8-7-13-30-23-11-12-26(24(23)27)25-17-19-9-5-4-6-10-19/h4-6,9-10,14-16,18,23,25H,7-8,11-13,17H2,1-3H3. The van der Waals surface area contributed by atoms with Gasteiger partial charge >= 0.3 is 0 Å². The molecule has 1 fully saturated rings. The Labute approximate surface area is 179 Å². The highest BCUT2D eigenvalue weighted by Crippen LogP contribution is 2.29. The number of hydrogen-bond acceptors (Lipinski definition) is 5. The number of nitrogens with one attached hydrogen (secondary N) is 1. The summed E-state index contributed by atoms with van der Waals surface area (Å²) in [4.78, 5) is 12.5. The van der Waals surface area contributed by atoms with E-state index in [1.807, 2.05) is 48.5 Å². The number of ether oxygens (including phenoxy) is 3. The van der Waals surface area contributed by atoms with Gasteiger partial charge in [0.15, 0.2) is 0 Å². The summed E-state index contributed by atoms with van der Waals surface area (Å²) in [5, 5.41) is 1.68. The fourth-order valence-corrected chi connectivity index (χ4v) is 3.64. The summed E-state index contributed by atoms with van der Waals surface area (Å²) >= 11 is 0. The van der Waals surface area contributed by atoms with Crippen LogP contribution >= 0.6 is 0 Å². The van der Waals surface area contributed by atoms with E-state index >= 15 is 0 Å². The average molecular weight is 413 g/mol. The Balaban J connectivity index is 1.40. The molecule has 162 valence electrons. The molecule has 2 unspecified atom stereocenters. The van der Waals surface area contributed by atoms with E-state index in [1.54, 1.807) is 19.2 Å². The molecule has 6 heteroatoms. The van der Waals surface area contributed by atoms with Crippen molar-refractivity contribution >= 4 is 5.91 Å². The van der Waals surface area contributed by atoms with Crippen LogP contribution in [0, 0.1) is 0 Å². The predicted molar refractivity (Wildman–Crippen MR) is 117 cm³/mol. The minimum atomic E-state index is -0.347. The van der Waals surface area contributed by atoms with E-state index < -0.39 is 0 Å². The van der Waals surface area contributed by atoms with Crippen molar-refractivity contribution in [2.24, 2.45) is 0 Å². The van der Waals surface area contributed by atoms with Crippen LogP contribution < -0.4 is 14.9 Å². The maximum atomic E-state index is 12.5. The first-order chi connectivity index (χ1) is 14.6. The number of hydrogen-bond donors (Lipinski definition) is 1. The topological polar surface area (TPSA) is 60.0 Å². The summed E-state index contributed by atoms with van der Waals surface area (Å²) in [5.74, 6) is 1.97. The van der Waals surface area contributed by atoms with Gasteiger partial charge in [0.2, 0.25) is 0 Å². The zero-order chi connectivity index (χ0) is 21.3. The molecule has 0 aromatic heterocycles. The van der Waals surface area contributed by atoms with Crippen molar-refractivity contribution < 1.29 is 19.0 Å². The Hall–Kier alpha value is -2.57. The van der Waals surface area contributed by atoms with Gasteiger partial charge in [0.25, 0.3) is 5.91 Å². The fourth-order valence-electron chi connectivity index (χ4n) is 3.64. The van der Waals surface area contributed by atoms with Crippen LogP contribution in [0.15, 0.2) is 48.5 Å². The molecule has 2 aromatic rings. The molecule has 2 atom stereocenters. The molecule has 1 heterocycles. The molecule has 1 saturated heterocycles. The first-order valence-electron chi connectivity index (χ1n) is 10.5. The lowest BCUT2D eigenvalue weighted by Gasteiger charge is -2.18. The highest BCUT2D eigenvalue weighted by molar-refractivity contribution is 5.82. The van der Waals surface area contributed by atoms with Crippen molar-refractivity contribution in [1.29, 1.82) is 0 Å². The number of benzene rings is 2. The minimum Gasteiger partial charge on any atom is -0.497 e. The Kier molecular flexibility index (Phi) is 8.11. The fraction of sp³-hybridized carbons (Fsp3) is 0.458. The van der Waals surface area contributed by atoms with Crippen molar-refractivity contribution in [3.8, 4) is 11.5 Å². The summed E-state index contributed by atoms with van der Waals surface area (Å²) in [7, 11) is 3.32. The monoisotopic (exact) mass is 412 g/mol. The second kappa shape index (κ2) is 11.0. The predicted octanol–water partition coefficient (Wildman–Crippen LogP) is 3.91. The van der Waals surface area contributed by atoms with Gasteiger partial charge in [-0.05, 0) is 42.0 Å². The minimum absolute atomic E-state index is 0.0245.